The molecule has 2 aliphatic heterocycles. The van der Waals surface area contributed by atoms with Crippen LogP contribution >= 0.6 is 0 Å². The lowest BCUT2D eigenvalue weighted by atomic mass is 9.95. The van der Waals surface area contributed by atoms with Crippen molar-refractivity contribution in [3.63, 3.8) is 0 Å². The Labute approximate surface area is 194 Å². The number of fused-ring (bicyclic) bond motifs is 1. The van der Waals surface area contributed by atoms with Crippen molar-refractivity contribution in [2.24, 2.45) is 5.92 Å². The quantitative estimate of drug-likeness (QED) is 0.621. The number of likely N-dealkylation sites (tertiary alicyclic amines) is 1. The van der Waals surface area contributed by atoms with Gasteiger partial charge >= 0.3 is 0 Å². The highest BCUT2D eigenvalue weighted by Gasteiger charge is 2.33. The molecule has 1 atom stereocenters. The van der Waals surface area contributed by atoms with E-state index in [9.17, 15) is 9.59 Å². The van der Waals surface area contributed by atoms with E-state index in [1.165, 1.54) is 5.56 Å². The molecule has 1 aromatic heterocycles. The molecule has 0 aliphatic carbocycles. The summed E-state index contributed by atoms with van der Waals surface area (Å²) in [4.78, 5) is 37.1. The second-order valence-corrected chi connectivity index (χ2v) is 9.08. The average molecular weight is 443 g/mol. The SMILES string of the molecule is O=C(c1cccc2ccccc12)N1CCCC(C(=O)N2CCN(Cc3cccnc3)CC2)C1. The van der Waals surface area contributed by atoms with Crippen molar-refractivity contribution in [1.29, 1.82) is 0 Å². The van der Waals surface area contributed by atoms with Crippen LogP contribution in [0.3, 0.4) is 0 Å². The molecule has 0 saturated carbocycles. The van der Waals surface area contributed by atoms with Gasteiger partial charge < -0.3 is 9.80 Å². The number of aromatic nitrogens is 1. The fourth-order valence-corrected chi connectivity index (χ4v) is 5.08. The van der Waals surface area contributed by atoms with Crippen LogP contribution < -0.4 is 0 Å². The first kappa shape index (κ1) is 21.6. The zero-order valence-electron chi connectivity index (χ0n) is 18.9. The first-order valence-corrected chi connectivity index (χ1v) is 11.9. The minimum atomic E-state index is -0.109. The van der Waals surface area contributed by atoms with Crippen LogP contribution in [0, 0.1) is 5.92 Å². The Bertz CT molecular complexity index is 1120. The van der Waals surface area contributed by atoms with Gasteiger partial charge in [0.15, 0.2) is 0 Å². The summed E-state index contributed by atoms with van der Waals surface area (Å²) in [5.41, 5.74) is 1.93. The number of piperazine rings is 1. The van der Waals surface area contributed by atoms with Gasteiger partial charge in [0.2, 0.25) is 5.91 Å². The van der Waals surface area contributed by atoms with Crippen LogP contribution in [0.4, 0.5) is 0 Å². The Morgan fingerprint density at radius 3 is 2.52 bits per heavy atom. The lowest BCUT2D eigenvalue weighted by molar-refractivity contribution is -0.138. The lowest BCUT2D eigenvalue weighted by Crippen LogP contribution is -2.52. The third kappa shape index (κ3) is 4.76. The molecule has 0 bridgehead atoms. The van der Waals surface area contributed by atoms with Gasteiger partial charge in [-0.15, -0.1) is 0 Å². The largest absolute Gasteiger partial charge is 0.340 e. The maximum absolute atomic E-state index is 13.4. The van der Waals surface area contributed by atoms with E-state index in [0.717, 1.165) is 61.9 Å². The molecule has 3 aromatic rings. The van der Waals surface area contributed by atoms with Crippen molar-refractivity contribution in [3.8, 4) is 0 Å². The van der Waals surface area contributed by atoms with Crippen LogP contribution in [0.5, 0.6) is 0 Å². The summed E-state index contributed by atoms with van der Waals surface area (Å²) in [7, 11) is 0. The maximum atomic E-state index is 13.4. The van der Waals surface area contributed by atoms with Crippen LogP contribution in [-0.4, -0.2) is 70.8 Å². The number of hydrogen-bond donors (Lipinski definition) is 0. The number of benzene rings is 2. The molecule has 0 radical (unpaired) electrons. The number of rotatable bonds is 4. The molecule has 6 heteroatoms. The van der Waals surface area contributed by atoms with Crippen LogP contribution in [-0.2, 0) is 11.3 Å². The number of piperidine rings is 1. The number of hydrogen-bond acceptors (Lipinski definition) is 4. The molecule has 2 aliphatic rings. The molecule has 0 N–H and O–H groups in total. The minimum absolute atomic E-state index is 0.0330. The molecular weight excluding hydrogens is 412 g/mol. The second-order valence-electron chi connectivity index (χ2n) is 9.08. The zero-order valence-corrected chi connectivity index (χ0v) is 18.9. The standard InChI is InChI=1S/C27H30N4O2/c32-26(30-16-14-29(15-17-30)19-21-6-4-12-28-18-21)23-9-5-13-31(20-23)27(33)25-11-3-8-22-7-1-2-10-24(22)25/h1-4,6-8,10-12,18,23H,5,9,13-17,19-20H2. The van der Waals surface area contributed by atoms with Gasteiger partial charge in [-0.1, -0.05) is 42.5 Å². The van der Waals surface area contributed by atoms with Crippen molar-refractivity contribution >= 4 is 22.6 Å². The van der Waals surface area contributed by atoms with Gasteiger partial charge in [0.25, 0.3) is 5.91 Å². The second kappa shape index (κ2) is 9.71. The summed E-state index contributed by atoms with van der Waals surface area (Å²) < 4.78 is 0. The molecule has 33 heavy (non-hydrogen) atoms. The highest BCUT2D eigenvalue weighted by Crippen LogP contribution is 2.25. The molecule has 170 valence electrons. The summed E-state index contributed by atoms with van der Waals surface area (Å²) in [5.74, 6) is 0.125. The van der Waals surface area contributed by atoms with Crippen LogP contribution in [0.15, 0.2) is 67.0 Å². The maximum Gasteiger partial charge on any atom is 0.254 e. The van der Waals surface area contributed by atoms with Gasteiger partial charge in [-0.2, -0.15) is 0 Å². The molecule has 1 unspecified atom stereocenters. The smallest absolute Gasteiger partial charge is 0.254 e. The van der Waals surface area contributed by atoms with Crippen LogP contribution in [0.1, 0.15) is 28.8 Å². The third-order valence-electron chi connectivity index (χ3n) is 6.89. The van der Waals surface area contributed by atoms with E-state index in [2.05, 4.69) is 16.0 Å². The van der Waals surface area contributed by atoms with E-state index in [4.69, 9.17) is 0 Å². The van der Waals surface area contributed by atoms with Crippen LogP contribution in [0.25, 0.3) is 10.8 Å². The molecule has 6 nitrogen and oxygen atoms in total. The van der Waals surface area contributed by atoms with E-state index in [0.29, 0.717) is 13.1 Å². The van der Waals surface area contributed by atoms with E-state index >= 15 is 0 Å². The van der Waals surface area contributed by atoms with Crippen molar-refractivity contribution < 1.29 is 9.59 Å². The van der Waals surface area contributed by atoms with Gasteiger partial charge in [-0.05, 0) is 41.3 Å². The number of amides is 2. The van der Waals surface area contributed by atoms with E-state index in [-0.39, 0.29) is 17.7 Å². The minimum Gasteiger partial charge on any atom is -0.340 e. The molecule has 2 fully saturated rings. The van der Waals surface area contributed by atoms with Gasteiger partial charge in [0.05, 0.1) is 5.92 Å². The topological polar surface area (TPSA) is 56.8 Å². The first-order chi connectivity index (χ1) is 16.2. The van der Waals surface area contributed by atoms with Gasteiger partial charge in [0, 0.05) is 63.8 Å². The van der Waals surface area contributed by atoms with Crippen molar-refractivity contribution in [2.75, 3.05) is 39.3 Å². The van der Waals surface area contributed by atoms with Crippen LogP contribution in [0.2, 0.25) is 0 Å². The molecule has 0 spiro atoms. The van der Waals surface area contributed by atoms with E-state index < -0.39 is 0 Å². The number of nitrogens with zero attached hydrogens (tertiary/aromatic N) is 4. The molecule has 2 saturated heterocycles. The summed E-state index contributed by atoms with van der Waals surface area (Å²) in [6.45, 7) is 5.31. The Kier molecular flexibility index (Phi) is 6.35. The summed E-state index contributed by atoms with van der Waals surface area (Å²) in [5, 5.41) is 2.04. The fourth-order valence-electron chi connectivity index (χ4n) is 5.08. The number of carbonyl (C=O) groups is 2. The monoisotopic (exact) mass is 442 g/mol. The summed E-state index contributed by atoms with van der Waals surface area (Å²) in [6.07, 6.45) is 5.42. The Morgan fingerprint density at radius 1 is 0.879 bits per heavy atom. The first-order valence-electron chi connectivity index (χ1n) is 11.9. The Hall–Kier alpha value is -3.25. The van der Waals surface area contributed by atoms with Gasteiger partial charge in [0.1, 0.15) is 0 Å². The molecule has 5 rings (SSSR count). The molecule has 2 amide bonds. The highest BCUT2D eigenvalue weighted by molar-refractivity contribution is 6.07. The fraction of sp³-hybridized carbons (Fsp3) is 0.370. The van der Waals surface area contributed by atoms with Crippen molar-refractivity contribution in [1.82, 2.24) is 19.7 Å². The summed E-state index contributed by atoms with van der Waals surface area (Å²) >= 11 is 0. The molecular formula is C27H30N4O2. The number of carbonyl (C=O) groups excluding carboxylic acids is 2. The molecule has 3 heterocycles. The third-order valence-corrected chi connectivity index (χ3v) is 6.89. The van der Waals surface area contributed by atoms with Crippen molar-refractivity contribution in [3.05, 3.63) is 78.1 Å². The predicted molar refractivity (Wildman–Crippen MR) is 129 cm³/mol. The average Bonchev–Trinajstić information content (AvgIpc) is 2.88. The van der Waals surface area contributed by atoms with E-state index in [1.807, 2.05) is 64.5 Å². The van der Waals surface area contributed by atoms with Gasteiger partial charge in [-0.25, -0.2) is 0 Å². The number of pyridine rings is 1. The van der Waals surface area contributed by atoms with Gasteiger partial charge in [-0.3, -0.25) is 19.5 Å². The lowest BCUT2D eigenvalue weighted by Gasteiger charge is -2.39. The zero-order chi connectivity index (χ0) is 22.6. The normalized spacial score (nSPS) is 19.6. The Morgan fingerprint density at radius 2 is 1.70 bits per heavy atom. The van der Waals surface area contributed by atoms with E-state index in [1.54, 1.807) is 6.20 Å². The van der Waals surface area contributed by atoms with Crippen molar-refractivity contribution in [2.45, 2.75) is 19.4 Å². The molecule has 2 aromatic carbocycles. The predicted octanol–water partition coefficient (Wildman–Crippen LogP) is 3.43. The highest BCUT2D eigenvalue weighted by atomic mass is 16.2. The summed E-state index contributed by atoms with van der Waals surface area (Å²) in [6, 6.07) is 17.9. The Balaban J connectivity index is 1.20.